The van der Waals surface area contributed by atoms with Gasteiger partial charge in [0, 0.05) is 19.8 Å². The van der Waals surface area contributed by atoms with E-state index in [1.54, 1.807) is 31.2 Å². The second-order valence-corrected chi connectivity index (χ2v) is 4.26. The van der Waals surface area contributed by atoms with E-state index in [9.17, 15) is 14.7 Å². The van der Waals surface area contributed by atoms with Gasteiger partial charge in [0.25, 0.3) is 0 Å². The van der Waals surface area contributed by atoms with Gasteiger partial charge in [0.05, 0.1) is 6.10 Å². The number of nitrogens with zero attached hydrogens (tertiary/aromatic N) is 1. The highest BCUT2D eigenvalue weighted by Gasteiger charge is 2.12. The fourth-order valence-corrected chi connectivity index (χ4v) is 1.46. The quantitative estimate of drug-likeness (QED) is 0.758. The lowest BCUT2D eigenvalue weighted by Crippen LogP contribution is -2.39. The van der Waals surface area contributed by atoms with Crippen LogP contribution in [0.2, 0.25) is 0 Å². The molecule has 1 rings (SSSR count). The van der Waals surface area contributed by atoms with Crippen LogP contribution in [-0.4, -0.2) is 42.6 Å². The van der Waals surface area contributed by atoms with Crippen LogP contribution >= 0.6 is 0 Å². The summed E-state index contributed by atoms with van der Waals surface area (Å²) in [5.74, 6) is -0.240. The largest absolute Gasteiger partial charge is 0.389 e. The molecule has 6 heteroatoms. The third kappa shape index (κ3) is 4.59. The first-order valence-electron chi connectivity index (χ1n) is 5.94. The van der Waals surface area contributed by atoms with Gasteiger partial charge in [-0.2, -0.15) is 0 Å². The van der Waals surface area contributed by atoms with Gasteiger partial charge in [0.15, 0.2) is 0 Å². The molecule has 0 saturated heterocycles. The maximum Gasteiger partial charge on any atom is 0.322 e. The normalized spacial score (nSPS) is 11.6. The summed E-state index contributed by atoms with van der Waals surface area (Å²) in [5.41, 5.74) is 1.29. The van der Waals surface area contributed by atoms with Crippen LogP contribution in [0, 0.1) is 0 Å². The highest BCUT2D eigenvalue weighted by Crippen LogP contribution is 2.17. The molecule has 0 saturated carbocycles. The number of hydrogen-bond acceptors (Lipinski definition) is 3. The molecule has 104 valence electrons. The molecule has 1 atom stereocenters. The van der Waals surface area contributed by atoms with Gasteiger partial charge in [-0.05, 0) is 24.6 Å². The fraction of sp³-hybridized carbons (Fsp3) is 0.385. The van der Waals surface area contributed by atoms with E-state index in [1.807, 2.05) is 0 Å². The summed E-state index contributed by atoms with van der Waals surface area (Å²) in [7, 11) is 3.04. The first-order valence-corrected chi connectivity index (χ1v) is 5.94. The molecule has 1 aromatic rings. The van der Waals surface area contributed by atoms with Crippen LogP contribution in [0.15, 0.2) is 24.3 Å². The minimum atomic E-state index is -0.597. The van der Waals surface area contributed by atoms with E-state index in [0.717, 1.165) is 0 Å². The summed E-state index contributed by atoms with van der Waals surface area (Å²) in [6.45, 7) is 1.64. The number of likely N-dealkylation sites (N-methyl/N-ethyl adjacent to an activating group) is 2. The maximum absolute atomic E-state index is 11.8. The van der Waals surface area contributed by atoms with Gasteiger partial charge in [-0.15, -0.1) is 0 Å². The molecule has 0 aliphatic carbocycles. The average molecular weight is 265 g/mol. The predicted molar refractivity (Wildman–Crippen MR) is 72.8 cm³/mol. The van der Waals surface area contributed by atoms with Crippen LogP contribution in [0.4, 0.5) is 10.5 Å². The van der Waals surface area contributed by atoms with E-state index in [0.29, 0.717) is 11.3 Å². The van der Waals surface area contributed by atoms with Crippen LogP contribution in [0.25, 0.3) is 0 Å². The Balaban J connectivity index is 2.66. The van der Waals surface area contributed by atoms with E-state index in [1.165, 1.54) is 19.0 Å². The number of benzene rings is 1. The van der Waals surface area contributed by atoms with Gasteiger partial charge in [0.2, 0.25) is 5.91 Å². The van der Waals surface area contributed by atoms with Crippen LogP contribution in [0.1, 0.15) is 18.6 Å². The number of carbonyl (C=O) groups is 2. The summed E-state index contributed by atoms with van der Waals surface area (Å²) >= 11 is 0. The molecule has 0 aliphatic heterocycles. The molecule has 0 fully saturated rings. The molecule has 3 N–H and O–H groups in total. The summed E-state index contributed by atoms with van der Waals surface area (Å²) in [6.07, 6.45) is -0.597. The van der Waals surface area contributed by atoms with Crippen LogP contribution in [0.3, 0.4) is 0 Å². The molecular formula is C13H19N3O3. The summed E-state index contributed by atoms with van der Waals surface area (Å²) < 4.78 is 0. The third-order valence-electron chi connectivity index (χ3n) is 2.63. The lowest BCUT2D eigenvalue weighted by molar-refractivity contribution is -0.120. The first-order chi connectivity index (χ1) is 8.93. The molecule has 6 nitrogen and oxygen atoms in total. The number of urea groups is 1. The number of aliphatic hydroxyl groups is 1. The van der Waals surface area contributed by atoms with E-state index in [4.69, 9.17) is 0 Å². The Hall–Kier alpha value is -2.08. The molecule has 0 radical (unpaired) electrons. The minimum Gasteiger partial charge on any atom is -0.389 e. The van der Waals surface area contributed by atoms with Crippen molar-refractivity contribution in [2.75, 3.05) is 26.0 Å². The van der Waals surface area contributed by atoms with Crippen molar-refractivity contribution < 1.29 is 14.7 Å². The lowest BCUT2D eigenvalue weighted by atomic mass is 10.1. The molecule has 0 aromatic heterocycles. The van der Waals surface area contributed by atoms with Gasteiger partial charge >= 0.3 is 6.03 Å². The van der Waals surface area contributed by atoms with Crippen molar-refractivity contribution in [3.63, 3.8) is 0 Å². The molecule has 0 heterocycles. The molecule has 19 heavy (non-hydrogen) atoms. The number of carbonyl (C=O) groups excluding carboxylic acids is 2. The number of rotatable bonds is 4. The second-order valence-electron chi connectivity index (χ2n) is 4.26. The molecule has 1 aromatic carbocycles. The highest BCUT2D eigenvalue weighted by molar-refractivity contribution is 5.92. The zero-order valence-electron chi connectivity index (χ0n) is 11.3. The monoisotopic (exact) mass is 265 g/mol. The first kappa shape index (κ1) is 15.0. The number of nitrogens with one attached hydrogen (secondary N) is 2. The standard InChI is InChI=1S/C13H19N3O3/c1-9(17)10-5-4-6-11(7-10)15-13(19)16(3)8-12(18)14-2/h4-7,9,17H,8H2,1-3H3,(H,14,18)(H,15,19). The van der Waals surface area contributed by atoms with Gasteiger partial charge in [0.1, 0.15) is 6.54 Å². The van der Waals surface area contributed by atoms with Gasteiger partial charge < -0.3 is 20.6 Å². The smallest absolute Gasteiger partial charge is 0.322 e. The lowest BCUT2D eigenvalue weighted by Gasteiger charge is -2.17. The summed E-state index contributed by atoms with van der Waals surface area (Å²) in [6, 6.07) is 6.55. The van der Waals surface area contributed by atoms with Gasteiger partial charge in [-0.1, -0.05) is 12.1 Å². The van der Waals surface area contributed by atoms with Crippen LogP contribution < -0.4 is 10.6 Å². The number of anilines is 1. The maximum atomic E-state index is 11.8. The number of amides is 3. The third-order valence-corrected chi connectivity index (χ3v) is 2.63. The molecule has 0 aliphatic rings. The predicted octanol–water partition coefficient (Wildman–Crippen LogP) is 0.950. The molecule has 0 bridgehead atoms. The van der Waals surface area contributed by atoms with Crippen LogP contribution in [-0.2, 0) is 4.79 Å². The van der Waals surface area contributed by atoms with Crippen molar-refractivity contribution in [3.05, 3.63) is 29.8 Å². The second kappa shape index (κ2) is 6.75. The average Bonchev–Trinajstić information content (AvgIpc) is 2.38. The van der Waals surface area contributed by atoms with E-state index < -0.39 is 6.10 Å². The topological polar surface area (TPSA) is 81.7 Å². The zero-order valence-corrected chi connectivity index (χ0v) is 11.3. The Bertz CT molecular complexity index is 460. The SMILES string of the molecule is CNC(=O)CN(C)C(=O)Nc1cccc(C(C)O)c1. The number of aliphatic hydroxyl groups excluding tert-OH is 1. The van der Waals surface area contributed by atoms with Crippen molar-refractivity contribution in [2.45, 2.75) is 13.0 Å². The molecule has 0 spiro atoms. The van der Waals surface area contributed by atoms with E-state index in [-0.39, 0.29) is 18.5 Å². The Morgan fingerprint density at radius 2 is 2.11 bits per heavy atom. The van der Waals surface area contributed by atoms with Crippen molar-refractivity contribution in [3.8, 4) is 0 Å². The van der Waals surface area contributed by atoms with Crippen LogP contribution in [0.5, 0.6) is 0 Å². The molecule has 1 unspecified atom stereocenters. The zero-order chi connectivity index (χ0) is 14.4. The number of hydrogen-bond donors (Lipinski definition) is 3. The summed E-state index contributed by atoms with van der Waals surface area (Å²) in [4.78, 5) is 24.2. The molecule has 3 amide bonds. The Morgan fingerprint density at radius 3 is 2.68 bits per heavy atom. The fourth-order valence-electron chi connectivity index (χ4n) is 1.46. The Labute approximate surface area is 112 Å². The van der Waals surface area contributed by atoms with Crippen molar-refractivity contribution in [2.24, 2.45) is 0 Å². The van der Waals surface area contributed by atoms with E-state index >= 15 is 0 Å². The van der Waals surface area contributed by atoms with Crippen molar-refractivity contribution in [1.29, 1.82) is 0 Å². The van der Waals surface area contributed by atoms with Gasteiger partial charge in [-0.3, -0.25) is 4.79 Å². The Morgan fingerprint density at radius 1 is 1.42 bits per heavy atom. The van der Waals surface area contributed by atoms with Crippen molar-refractivity contribution in [1.82, 2.24) is 10.2 Å². The van der Waals surface area contributed by atoms with Crippen molar-refractivity contribution >= 4 is 17.6 Å². The van der Waals surface area contributed by atoms with E-state index in [2.05, 4.69) is 10.6 Å². The summed E-state index contributed by atoms with van der Waals surface area (Å²) in [5, 5.41) is 14.6. The highest BCUT2D eigenvalue weighted by atomic mass is 16.3. The van der Waals surface area contributed by atoms with Gasteiger partial charge in [-0.25, -0.2) is 4.79 Å². The minimum absolute atomic E-state index is 0.0154. The Kier molecular flexibility index (Phi) is 5.32. The molecular weight excluding hydrogens is 246 g/mol.